The van der Waals surface area contributed by atoms with Crippen LogP contribution in [-0.2, 0) is 9.84 Å². The normalized spacial score (nSPS) is 25.6. The maximum atomic E-state index is 10.8. The highest BCUT2D eigenvalue weighted by molar-refractivity contribution is 7.90. The topological polar surface area (TPSA) is 58.2 Å². The fraction of sp³-hybridized carbons (Fsp3) is 1.00. The number of hydrogen-bond donors (Lipinski definition) is 2. The van der Waals surface area contributed by atoms with E-state index in [0.29, 0.717) is 12.5 Å². The second-order valence-corrected chi connectivity index (χ2v) is 5.53. The molecule has 0 aromatic carbocycles. The summed E-state index contributed by atoms with van der Waals surface area (Å²) in [7, 11) is -2.79. The standard InChI is InChI=1S/C7H16N2O2S/c1-12(10,11)5-2-7-6-8-3-4-9-7/h7-9H,2-6H2,1H3. The van der Waals surface area contributed by atoms with Crippen molar-refractivity contribution in [2.45, 2.75) is 12.5 Å². The summed E-state index contributed by atoms with van der Waals surface area (Å²) in [6, 6.07) is 0.327. The van der Waals surface area contributed by atoms with E-state index in [9.17, 15) is 8.42 Å². The van der Waals surface area contributed by atoms with Gasteiger partial charge in [0.05, 0.1) is 5.75 Å². The molecule has 1 atom stereocenters. The maximum absolute atomic E-state index is 10.8. The molecule has 1 heterocycles. The van der Waals surface area contributed by atoms with Crippen LogP contribution in [0.25, 0.3) is 0 Å². The zero-order valence-electron chi connectivity index (χ0n) is 7.34. The number of rotatable bonds is 3. The van der Waals surface area contributed by atoms with E-state index in [1.54, 1.807) is 0 Å². The van der Waals surface area contributed by atoms with Crippen LogP contribution in [-0.4, -0.2) is 46.1 Å². The van der Waals surface area contributed by atoms with Gasteiger partial charge in [0.1, 0.15) is 9.84 Å². The summed E-state index contributed by atoms with van der Waals surface area (Å²) in [5.74, 6) is 0.284. The van der Waals surface area contributed by atoms with E-state index >= 15 is 0 Å². The number of piperazine rings is 1. The van der Waals surface area contributed by atoms with Gasteiger partial charge in [-0.25, -0.2) is 8.42 Å². The summed E-state index contributed by atoms with van der Waals surface area (Å²) in [6.07, 6.45) is 2.00. The number of sulfone groups is 1. The average Bonchev–Trinajstić information content (AvgIpc) is 2.02. The molecule has 0 aliphatic carbocycles. The zero-order valence-corrected chi connectivity index (χ0v) is 8.15. The molecule has 1 fully saturated rings. The third-order valence-electron chi connectivity index (χ3n) is 1.96. The lowest BCUT2D eigenvalue weighted by Crippen LogP contribution is -2.48. The third-order valence-corrected chi connectivity index (χ3v) is 2.94. The Morgan fingerprint density at radius 3 is 2.67 bits per heavy atom. The van der Waals surface area contributed by atoms with Crippen molar-refractivity contribution in [1.29, 1.82) is 0 Å². The van der Waals surface area contributed by atoms with E-state index in [1.807, 2.05) is 0 Å². The second-order valence-electron chi connectivity index (χ2n) is 3.27. The molecule has 5 heteroatoms. The monoisotopic (exact) mass is 192 g/mol. The molecule has 2 N–H and O–H groups in total. The number of hydrogen-bond acceptors (Lipinski definition) is 4. The average molecular weight is 192 g/mol. The van der Waals surface area contributed by atoms with E-state index in [1.165, 1.54) is 6.26 Å². The highest BCUT2D eigenvalue weighted by Gasteiger charge is 2.13. The first kappa shape index (κ1) is 9.95. The third kappa shape index (κ3) is 4.04. The molecule has 72 valence electrons. The molecule has 0 radical (unpaired) electrons. The maximum Gasteiger partial charge on any atom is 0.147 e. The van der Waals surface area contributed by atoms with E-state index < -0.39 is 9.84 Å². The largest absolute Gasteiger partial charge is 0.314 e. The van der Waals surface area contributed by atoms with Crippen molar-refractivity contribution in [2.24, 2.45) is 0 Å². The lowest BCUT2D eigenvalue weighted by atomic mass is 10.2. The summed E-state index contributed by atoms with van der Waals surface area (Å²) in [4.78, 5) is 0. The predicted octanol–water partition coefficient (Wildman–Crippen LogP) is -1.02. The lowest BCUT2D eigenvalue weighted by Gasteiger charge is -2.23. The van der Waals surface area contributed by atoms with Gasteiger partial charge in [0.25, 0.3) is 0 Å². The van der Waals surface area contributed by atoms with Crippen molar-refractivity contribution < 1.29 is 8.42 Å². The summed E-state index contributed by atoms with van der Waals surface area (Å²) >= 11 is 0. The molecule has 0 amide bonds. The molecule has 1 unspecified atom stereocenters. The van der Waals surface area contributed by atoms with Gasteiger partial charge in [-0.05, 0) is 6.42 Å². The highest BCUT2D eigenvalue weighted by Crippen LogP contribution is 1.97. The van der Waals surface area contributed by atoms with Gasteiger partial charge in [0, 0.05) is 31.9 Å². The van der Waals surface area contributed by atoms with Crippen molar-refractivity contribution in [3.63, 3.8) is 0 Å². The zero-order chi connectivity index (χ0) is 9.03. The molecule has 1 aliphatic rings. The van der Waals surface area contributed by atoms with E-state index in [-0.39, 0.29) is 5.75 Å². The Hall–Kier alpha value is -0.130. The summed E-state index contributed by atoms with van der Waals surface area (Å²) in [6.45, 7) is 2.80. The summed E-state index contributed by atoms with van der Waals surface area (Å²) in [5.41, 5.74) is 0. The van der Waals surface area contributed by atoms with Gasteiger partial charge in [0.2, 0.25) is 0 Å². The summed E-state index contributed by atoms with van der Waals surface area (Å²) in [5, 5.41) is 6.48. The Morgan fingerprint density at radius 1 is 1.42 bits per heavy atom. The quantitative estimate of drug-likeness (QED) is 0.601. The molecular weight excluding hydrogens is 176 g/mol. The van der Waals surface area contributed by atoms with E-state index in [4.69, 9.17) is 0 Å². The van der Waals surface area contributed by atoms with Gasteiger partial charge in [-0.1, -0.05) is 0 Å². The van der Waals surface area contributed by atoms with Crippen LogP contribution in [0.1, 0.15) is 6.42 Å². The van der Waals surface area contributed by atoms with E-state index in [2.05, 4.69) is 10.6 Å². The molecule has 4 nitrogen and oxygen atoms in total. The van der Waals surface area contributed by atoms with Crippen molar-refractivity contribution in [3.05, 3.63) is 0 Å². The van der Waals surface area contributed by atoms with Gasteiger partial charge in [0.15, 0.2) is 0 Å². The predicted molar refractivity (Wildman–Crippen MR) is 49.0 cm³/mol. The first-order valence-corrected chi connectivity index (χ1v) is 6.26. The fourth-order valence-electron chi connectivity index (χ4n) is 1.27. The minimum Gasteiger partial charge on any atom is -0.314 e. The number of nitrogens with one attached hydrogen (secondary N) is 2. The fourth-order valence-corrected chi connectivity index (χ4v) is 1.99. The van der Waals surface area contributed by atoms with Gasteiger partial charge >= 0.3 is 0 Å². The molecule has 0 aromatic heterocycles. The Labute approximate surface area is 73.6 Å². The first-order chi connectivity index (χ1) is 5.58. The Kier molecular flexibility index (Phi) is 3.49. The molecule has 0 spiro atoms. The Morgan fingerprint density at radius 2 is 2.17 bits per heavy atom. The molecule has 1 saturated heterocycles. The second kappa shape index (κ2) is 4.20. The Balaban J connectivity index is 2.22. The summed E-state index contributed by atoms with van der Waals surface area (Å²) < 4.78 is 21.7. The van der Waals surface area contributed by atoms with Crippen LogP contribution in [0, 0.1) is 0 Å². The van der Waals surface area contributed by atoms with Crippen LogP contribution in [0.4, 0.5) is 0 Å². The molecule has 12 heavy (non-hydrogen) atoms. The molecule has 0 saturated carbocycles. The minimum absolute atomic E-state index is 0.284. The SMILES string of the molecule is CS(=O)(=O)CCC1CNCCN1. The Bertz CT molecular complexity index is 220. The van der Waals surface area contributed by atoms with Crippen LogP contribution >= 0.6 is 0 Å². The van der Waals surface area contributed by atoms with Gasteiger partial charge in [-0.3, -0.25) is 0 Å². The van der Waals surface area contributed by atoms with Crippen LogP contribution in [0.3, 0.4) is 0 Å². The molecule has 1 rings (SSSR count). The van der Waals surface area contributed by atoms with Crippen molar-refractivity contribution in [1.82, 2.24) is 10.6 Å². The van der Waals surface area contributed by atoms with Crippen LogP contribution in [0.15, 0.2) is 0 Å². The van der Waals surface area contributed by atoms with Crippen molar-refractivity contribution in [2.75, 3.05) is 31.6 Å². The molecule has 0 bridgehead atoms. The molecule has 1 aliphatic heterocycles. The molecular formula is C7H16N2O2S. The van der Waals surface area contributed by atoms with E-state index in [0.717, 1.165) is 19.6 Å². The molecule has 0 aromatic rings. The smallest absolute Gasteiger partial charge is 0.147 e. The van der Waals surface area contributed by atoms with Crippen LogP contribution in [0.5, 0.6) is 0 Å². The van der Waals surface area contributed by atoms with Crippen molar-refractivity contribution in [3.8, 4) is 0 Å². The van der Waals surface area contributed by atoms with Crippen molar-refractivity contribution >= 4 is 9.84 Å². The van der Waals surface area contributed by atoms with Gasteiger partial charge in [-0.15, -0.1) is 0 Å². The lowest BCUT2D eigenvalue weighted by molar-refractivity contribution is 0.410. The highest BCUT2D eigenvalue weighted by atomic mass is 32.2. The first-order valence-electron chi connectivity index (χ1n) is 4.20. The van der Waals surface area contributed by atoms with Gasteiger partial charge in [-0.2, -0.15) is 0 Å². The van der Waals surface area contributed by atoms with Crippen LogP contribution < -0.4 is 10.6 Å². The van der Waals surface area contributed by atoms with Gasteiger partial charge < -0.3 is 10.6 Å². The minimum atomic E-state index is -2.79. The van der Waals surface area contributed by atoms with Crippen LogP contribution in [0.2, 0.25) is 0 Å².